The summed E-state index contributed by atoms with van der Waals surface area (Å²) < 4.78 is 36.4. The van der Waals surface area contributed by atoms with Gasteiger partial charge in [-0.15, -0.1) is 0 Å². The lowest BCUT2D eigenvalue weighted by Gasteiger charge is -2.28. The molecule has 0 aliphatic heterocycles. The van der Waals surface area contributed by atoms with Crippen LogP contribution in [-0.2, 0) is 28.9 Å². The van der Waals surface area contributed by atoms with Gasteiger partial charge in [0.25, 0.3) is 0 Å². The minimum Gasteiger partial charge on any atom is -0.466 e. The van der Waals surface area contributed by atoms with Gasteiger partial charge in [0.15, 0.2) is 14.6 Å². The maximum Gasteiger partial charge on any atom is 0.311 e. The van der Waals surface area contributed by atoms with Crippen LogP contribution in [0.15, 0.2) is 29.2 Å². The molecule has 0 aromatic heterocycles. The fourth-order valence-electron chi connectivity index (χ4n) is 4.67. The molecule has 0 saturated heterocycles. The second kappa shape index (κ2) is 15.4. The molecule has 39 heavy (non-hydrogen) atoms. The number of sulfone groups is 1. The number of nitrogens with zero attached hydrogens (tertiary/aromatic N) is 1. The van der Waals surface area contributed by atoms with Gasteiger partial charge in [0, 0.05) is 0 Å². The lowest BCUT2D eigenvalue weighted by atomic mass is 9.85. The van der Waals surface area contributed by atoms with Crippen molar-refractivity contribution < 1.29 is 27.5 Å². The number of nitriles is 1. The van der Waals surface area contributed by atoms with Crippen LogP contribution in [0.3, 0.4) is 0 Å². The zero-order valence-electron chi connectivity index (χ0n) is 25.1. The minimum atomic E-state index is -3.91. The Kier molecular flexibility index (Phi) is 13.7. The molecule has 0 radical (unpaired) electrons. The molecule has 0 aliphatic carbocycles. The van der Waals surface area contributed by atoms with Gasteiger partial charge in [-0.25, -0.2) is 8.42 Å². The first-order valence-electron chi connectivity index (χ1n) is 14.3. The molecule has 1 aromatic carbocycles. The summed E-state index contributed by atoms with van der Waals surface area (Å²) in [6.07, 6.45) is 5.75. The number of unbranched alkanes of at least 4 members (excludes halogenated alkanes) is 4. The molecule has 220 valence electrons. The van der Waals surface area contributed by atoms with Gasteiger partial charge in [-0.2, -0.15) is 5.26 Å². The van der Waals surface area contributed by atoms with E-state index in [4.69, 9.17) is 9.47 Å². The lowest BCUT2D eigenvalue weighted by Crippen LogP contribution is -2.37. The number of ether oxygens (including phenoxy) is 2. The molecule has 0 unspecified atom stereocenters. The highest BCUT2D eigenvalue weighted by molar-refractivity contribution is 7.93. The van der Waals surface area contributed by atoms with E-state index >= 15 is 0 Å². The van der Waals surface area contributed by atoms with E-state index in [1.807, 2.05) is 34.6 Å². The van der Waals surface area contributed by atoms with Crippen LogP contribution >= 0.6 is 0 Å². The Balaban J connectivity index is 2.94. The predicted octanol–water partition coefficient (Wildman–Crippen LogP) is 7.11. The molecule has 8 heteroatoms. The molecule has 0 heterocycles. The SMILES string of the molecule is CCOC(=O)C(C)(C)CCCCCC(C#N)(CCCCCC(C)(C)C(=O)OCC)S(=O)(=O)c1ccc(C)cc1. The Morgan fingerprint density at radius 3 is 1.49 bits per heavy atom. The van der Waals surface area contributed by atoms with Gasteiger partial charge in [0.2, 0.25) is 0 Å². The summed E-state index contributed by atoms with van der Waals surface area (Å²) in [5.41, 5.74) is -0.258. The summed E-state index contributed by atoms with van der Waals surface area (Å²) in [5.74, 6) is -0.464. The third-order valence-corrected chi connectivity index (χ3v) is 9.89. The van der Waals surface area contributed by atoms with Crippen LogP contribution in [0.2, 0.25) is 0 Å². The summed E-state index contributed by atoms with van der Waals surface area (Å²) in [6.45, 7) is 13.6. The molecular formula is C31H49NO6S. The van der Waals surface area contributed by atoms with Crippen LogP contribution < -0.4 is 0 Å². The molecule has 0 bridgehead atoms. The molecule has 0 saturated carbocycles. The van der Waals surface area contributed by atoms with Crippen LogP contribution in [0.25, 0.3) is 0 Å². The van der Waals surface area contributed by atoms with Gasteiger partial charge < -0.3 is 9.47 Å². The van der Waals surface area contributed by atoms with Crippen molar-refractivity contribution in [3.63, 3.8) is 0 Å². The summed E-state index contributed by atoms with van der Waals surface area (Å²) in [5, 5.41) is 10.3. The number of hydrogen-bond donors (Lipinski definition) is 0. The third-order valence-electron chi connectivity index (χ3n) is 7.47. The van der Waals surface area contributed by atoms with E-state index in [2.05, 4.69) is 6.07 Å². The first-order chi connectivity index (χ1) is 18.2. The quantitative estimate of drug-likeness (QED) is 0.138. The van der Waals surface area contributed by atoms with Crippen LogP contribution in [0.1, 0.15) is 111 Å². The Morgan fingerprint density at radius 2 is 1.13 bits per heavy atom. The van der Waals surface area contributed by atoms with Crippen molar-refractivity contribution in [2.24, 2.45) is 10.8 Å². The third kappa shape index (κ3) is 9.94. The Hall–Kier alpha value is -2.40. The van der Waals surface area contributed by atoms with Crippen molar-refractivity contribution in [2.75, 3.05) is 13.2 Å². The molecular weight excluding hydrogens is 514 g/mol. The van der Waals surface area contributed by atoms with Crippen molar-refractivity contribution in [3.05, 3.63) is 29.8 Å². The standard InChI is InChI=1S/C31H49NO6S/c1-8-37-27(33)29(4,5)20-12-10-14-22-31(24-32,39(35,36)26-18-16-25(3)17-19-26)23-15-11-13-21-30(6,7)28(34)38-9-2/h16-19H,8-15,20-23H2,1-7H3. The molecule has 1 rings (SSSR count). The van der Waals surface area contributed by atoms with E-state index in [0.717, 1.165) is 18.4 Å². The van der Waals surface area contributed by atoms with Crippen molar-refractivity contribution in [3.8, 4) is 6.07 Å². The van der Waals surface area contributed by atoms with E-state index < -0.39 is 25.4 Å². The smallest absolute Gasteiger partial charge is 0.311 e. The average molecular weight is 564 g/mol. The molecule has 7 nitrogen and oxygen atoms in total. The number of esters is 2. The monoisotopic (exact) mass is 563 g/mol. The maximum atomic E-state index is 13.8. The molecule has 0 atom stereocenters. The van der Waals surface area contributed by atoms with Gasteiger partial charge in [0.05, 0.1) is 35.0 Å². The van der Waals surface area contributed by atoms with E-state index in [-0.39, 0.29) is 29.7 Å². The summed E-state index contributed by atoms with van der Waals surface area (Å²) >= 11 is 0. The van der Waals surface area contributed by atoms with E-state index in [1.54, 1.807) is 38.1 Å². The molecule has 1 aromatic rings. The van der Waals surface area contributed by atoms with Crippen LogP contribution in [0.4, 0.5) is 0 Å². The maximum absolute atomic E-state index is 13.8. The number of carbonyl (C=O) groups is 2. The first kappa shape index (κ1) is 34.6. The van der Waals surface area contributed by atoms with Gasteiger partial charge >= 0.3 is 11.9 Å². The zero-order valence-corrected chi connectivity index (χ0v) is 25.9. The number of carbonyl (C=O) groups excluding carboxylic acids is 2. The highest BCUT2D eigenvalue weighted by Crippen LogP contribution is 2.37. The van der Waals surface area contributed by atoms with Gasteiger partial charge in [-0.05, 0) is 86.3 Å². The van der Waals surface area contributed by atoms with Crippen molar-refractivity contribution in [2.45, 2.75) is 122 Å². The molecule has 0 fully saturated rings. The fraction of sp³-hybridized carbons (Fsp3) is 0.710. The highest BCUT2D eigenvalue weighted by atomic mass is 32.2. The van der Waals surface area contributed by atoms with Crippen molar-refractivity contribution in [1.29, 1.82) is 5.26 Å². The molecule has 0 N–H and O–H groups in total. The van der Waals surface area contributed by atoms with Crippen molar-refractivity contribution in [1.82, 2.24) is 0 Å². The summed E-state index contributed by atoms with van der Waals surface area (Å²) in [7, 11) is -3.91. The predicted molar refractivity (Wildman–Crippen MR) is 154 cm³/mol. The van der Waals surface area contributed by atoms with Crippen molar-refractivity contribution >= 4 is 21.8 Å². The molecule has 0 aliphatic rings. The van der Waals surface area contributed by atoms with E-state index in [9.17, 15) is 23.3 Å². The number of aryl methyl sites for hydroxylation is 1. The van der Waals surface area contributed by atoms with Gasteiger partial charge in [-0.3, -0.25) is 9.59 Å². The van der Waals surface area contributed by atoms with Crippen LogP contribution in [0.5, 0.6) is 0 Å². The zero-order chi connectivity index (χ0) is 29.7. The second-order valence-electron chi connectivity index (χ2n) is 11.8. The first-order valence-corrected chi connectivity index (χ1v) is 15.7. The number of benzene rings is 1. The van der Waals surface area contributed by atoms with Gasteiger partial charge in [0.1, 0.15) is 0 Å². The van der Waals surface area contributed by atoms with Crippen LogP contribution in [0, 0.1) is 29.1 Å². The molecule has 0 amide bonds. The van der Waals surface area contributed by atoms with E-state index in [1.165, 1.54) is 0 Å². The summed E-state index contributed by atoms with van der Waals surface area (Å²) in [6, 6.07) is 8.89. The number of rotatable bonds is 18. The lowest BCUT2D eigenvalue weighted by molar-refractivity contribution is -0.154. The Labute approximate surface area is 236 Å². The Bertz CT molecular complexity index is 1030. The topological polar surface area (TPSA) is 111 Å². The summed E-state index contributed by atoms with van der Waals surface area (Å²) in [4.78, 5) is 24.5. The largest absolute Gasteiger partial charge is 0.466 e. The Morgan fingerprint density at radius 1 is 0.744 bits per heavy atom. The van der Waals surface area contributed by atoms with Gasteiger partial charge in [-0.1, -0.05) is 56.2 Å². The average Bonchev–Trinajstić information content (AvgIpc) is 2.87. The molecule has 0 spiro atoms. The minimum absolute atomic E-state index is 0.168. The second-order valence-corrected chi connectivity index (χ2v) is 14.0. The fourth-order valence-corrected chi connectivity index (χ4v) is 6.57. The number of hydrogen-bond acceptors (Lipinski definition) is 7. The van der Waals surface area contributed by atoms with Crippen LogP contribution in [-0.4, -0.2) is 38.3 Å². The van der Waals surface area contributed by atoms with E-state index in [0.29, 0.717) is 51.7 Å². The normalized spacial score (nSPS) is 12.6. The highest BCUT2D eigenvalue weighted by Gasteiger charge is 2.44.